The number of nitrogens with zero attached hydrogens (tertiary/aromatic N) is 2. The molecule has 1 aromatic carbocycles. The average molecular weight is 336 g/mol. The quantitative estimate of drug-likeness (QED) is 0.881. The third-order valence-corrected chi connectivity index (χ3v) is 5.97. The molecule has 2 aromatic rings. The van der Waals surface area contributed by atoms with Crippen molar-refractivity contribution in [1.29, 1.82) is 0 Å². The first-order valence-corrected chi connectivity index (χ1v) is 9.46. The molecule has 2 aliphatic rings. The molecule has 2 saturated heterocycles. The minimum absolute atomic E-state index is 0.567. The molecule has 132 valence electrons. The van der Waals surface area contributed by atoms with Crippen LogP contribution in [0.25, 0.3) is 11.3 Å². The van der Waals surface area contributed by atoms with Crippen LogP contribution in [0.3, 0.4) is 0 Å². The molecule has 2 bridgehead atoms. The summed E-state index contributed by atoms with van der Waals surface area (Å²) >= 11 is 0. The maximum Gasteiger partial charge on any atom is 0.124 e. The standard InChI is InChI=1S/C21H28N4/c1-25-18-9-10-19(25)14-17(13-18)23-12-11-15-5-7-16(8-6-15)20-3-2-4-21(22)24-20/h2-8,17-19,23H,9-14H2,1H3,(H2,22,24). The number of fused-ring (bicyclic) bond motifs is 2. The van der Waals surface area contributed by atoms with Crippen molar-refractivity contribution in [3.8, 4) is 11.3 Å². The fraction of sp³-hybridized carbons (Fsp3) is 0.476. The topological polar surface area (TPSA) is 54.2 Å². The lowest BCUT2D eigenvalue weighted by atomic mass is 9.97. The van der Waals surface area contributed by atoms with Gasteiger partial charge in [-0.15, -0.1) is 0 Å². The molecule has 2 unspecified atom stereocenters. The molecule has 2 aliphatic heterocycles. The summed E-state index contributed by atoms with van der Waals surface area (Å²) in [5, 5.41) is 3.79. The Hall–Kier alpha value is -1.91. The van der Waals surface area contributed by atoms with Crippen molar-refractivity contribution in [3.63, 3.8) is 0 Å². The normalized spacial score (nSPS) is 26.0. The van der Waals surface area contributed by atoms with Crippen LogP contribution in [0, 0.1) is 0 Å². The highest BCUT2D eigenvalue weighted by molar-refractivity contribution is 5.61. The molecule has 3 heterocycles. The zero-order valence-electron chi connectivity index (χ0n) is 15.0. The number of nitrogens with two attached hydrogens (primary N) is 1. The van der Waals surface area contributed by atoms with E-state index in [-0.39, 0.29) is 0 Å². The summed E-state index contributed by atoms with van der Waals surface area (Å²) in [5.41, 5.74) is 9.20. The summed E-state index contributed by atoms with van der Waals surface area (Å²) in [6.07, 6.45) is 6.48. The number of aromatic nitrogens is 1. The van der Waals surface area contributed by atoms with Crippen molar-refractivity contribution < 1.29 is 0 Å². The Balaban J connectivity index is 1.29. The van der Waals surface area contributed by atoms with Crippen molar-refractivity contribution in [1.82, 2.24) is 15.2 Å². The van der Waals surface area contributed by atoms with E-state index >= 15 is 0 Å². The van der Waals surface area contributed by atoms with E-state index in [2.05, 4.69) is 46.5 Å². The molecule has 0 radical (unpaired) electrons. The first-order chi connectivity index (χ1) is 12.2. The lowest BCUT2D eigenvalue weighted by Crippen LogP contribution is -2.47. The van der Waals surface area contributed by atoms with Crippen LogP contribution in [-0.4, -0.2) is 41.6 Å². The molecule has 0 amide bonds. The largest absolute Gasteiger partial charge is 0.384 e. The summed E-state index contributed by atoms with van der Waals surface area (Å²) in [7, 11) is 2.30. The Morgan fingerprint density at radius 1 is 1.08 bits per heavy atom. The number of hydrogen-bond donors (Lipinski definition) is 2. The maximum absolute atomic E-state index is 5.77. The molecule has 4 rings (SSSR count). The summed E-state index contributed by atoms with van der Waals surface area (Å²) in [4.78, 5) is 6.98. The molecule has 25 heavy (non-hydrogen) atoms. The number of nitrogen functional groups attached to an aromatic ring is 1. The average Bonchev–Trinajstić information content (AvgIpc) is 2.83. The van der Waals surface area contributed by atoms with Crippen molar-refractivity contribution in [2.24, 2.45) is 0 Å². The third kappa shape index (κ3) is 3.70. The fourth-order valence-corrected chi connectivity index (χ4v) is 4.45. The van der Waals surface area contributed by atoms with E-state index in [1.807, 2.05) is 18.2 Å². The van der Waals surface area contributed by atoms with E-state index in [1.165, 1.54) is 31.2 Å². The van der Waals surface area contributed by atoms with Crippen molar-refractivity contribution >= 4 is 5.82 Å². The number of pyridine rings is 1. The second kappa shape index (κ2) is 7.14. The van der Waals surface area contributed by atoms with Gasteiger partial charge >= 0.3 is 0 Å². The van der Waals surface area contributed by atoms with E-state index < -0.39 is 0 Å². The minimum Gasteiger partial charge on any atom is -0.384 e. The van der Waals surface area contributed by atoms with Crippen LogP contribution in [0.2, 0.25) is 0 Å². The zero-order chi connectivity index (χ0) is 17.2. The molecule has 0 spiro atoms. The monoisotopic (exact) mass is 336 g/mol. The summed E-state index contributed by atoms with van der Waals surface area (Å²) in [6, 6.07) is 16.8. The number of hydrogen-bond acceptors (Lipinski definition) is 4. The van der Waals surface area contributed by atoms with E-state index in [4.69, 9.17) is 5.73 Å². The van der Waals surface area contributed by atoms with Gasteiger partial charge in [0.05, 0.1) is 5.69 Å². The number of piperidine rings is 1. The number of nitrogens with one attached hydrogen (secondary N) is 1. The van der Waals surface area contributed by atoms with Gasteiger partial charge in [-0.3, -0.25) is 0 Å². The molecular formula is C21H28N4. The van der Waals surface area contributed by atoms with Gasteiger partial charge in [-0.25, -0.2) is 4.98 Å². The van der Waals surface area contributed by atoms with Crippen LogP contribution < -0.4 is 11.1 Å². The Bertz CT molecular complexity index is 698. The number of rotatable bonds is 5. The van der Waals surface area contributed by atoms with Crippen LogP contribution in [0.5, 0.6) is 0 Å². The van der Waals surface area contributed by atoms with E-state index in [0.29, 0.717) is 11.9 Å². The van der Waals surface area contributed by atoms with Crippen molar-refractivity contribution in [2.75, 3.05) is 19.3 Å². The Labute approximate surface area is 150 Å². The molecule has 0 saturated carbocycles. The predicted molar refractivity (Wildman–Crippen MR) is 103 cm³/mol. The van der Waals surface area contributed by atoms with Gasteiger partial charge < -0.3 is 16.0 Å². The van der Waals surface area contributed by atoms with Crippen LogP contribution >= 0.6 is 0 Å². The van der Waals surface area contributed by atoms with Gasteiger partial charge in [-0.2, -0.15) is 0 Å². The van der Waals surface area contributed by atoms with E-state index in [0.717, 1.165) is 36.3 Å². The molecule has 2 fully saturated rings. The summed E-state index contributed by atoms with van der Waals surface area (Å²) in [5.74, 6) is 0.567. The lowest BCUT2D eigenvalue weighted by Gasteiger charge is -2.36. The smallest absolute Gasteiger partial charge is 0.124 e. The van der Waals surface area contributed by atoms with Gasteiger partial charge in [-0.05, 0) is 63.4 Å². The number of anilines is 1. The van der Waals surface area contributed by atoms with Gasteiger partial charge in [-0.1, -0.05) is 30.3 Å². The van der Waals surface area contributed by atoms with E-state index in [9.17, 15) is 0 Å². The van der Waals surface area contributed by atoms with Gasteiger partial charge in [0.15, 0.2) is 0 Å². The molecule has 4 heteroatoms. The lowest BCUT2D eigenvalue weighted by molar-refractivity contribution is 0.149. The van der Waals surface area contributed by atoms with Crippen molar-refractivity contribution in [3.05, 3.63) is 48.0 Å². The first kappa shape index (κ1) is 16.6. The maximum atomic E-state index is 5.77. The molecule has 1 aromatic heterocycles. The molecule has 4 nitrogen and oxygen atoms in total. The highest BCUT2D eigenvalue weighted by Crippen LogP contribution is 2.34. The third-order valence-electron chi connectivity index (χ3n) is 5.97. The SMILES string of the molecule is CN1C2CCC1CC(NCCc1ccc(-c3cccc(N)n3)cc1)C2. The predicted octanol–water partition coefficient (Wildman–Crippen LogP) is 3.09. The fourth-order valence-electron chi connectivity index (χ4n) is 4.45. The molecule has 3 N–H and O–H groups in total. The summed E-state index contributed by atoms with van der Waals surface area (Å²) < 4.78 is 0. The Kier molecular flexibility index (Phi) is 4.73. The second-order valence-corrected chi connectivity index (χ2v) is 7.57. The zero-order valence-corrected chi connectivity index (χ0v) is 15.0. The second-order valence-electron chi connectivity index (χ2n) is 7.57. The highest BCUT2D eigenvalue weighted by atomic mass is 15.2. The Morgan fingerprint density at radius 3 is 2.48 bits per heavy atom. The van der Waals surface area contributed by atoms with Crippen molar-refractivity contribution in [2.45, 2.75) is 50.2 Å². The van der Waals surface area contributed by atoms with Gasteiger partial charge in [0, 0.05) is 23.7 Å². The summed E-state index contributed by atoms with van der Waals surface area (Å²) in [6.45, 7) is 1.06. The van der Waals surface area contributed by atoms with Crippen LogP contribution in [0.1, 0.15) is 31.2 Å². The minimum atomic E-state index is 0.567. The first-order valence-electron chi connectivity index (χ1n) is 9.46. The Morgan fingerprint density at radius 2 is 1.80 bits per heavy atom. The molecule has 0 aliphatic carbocycles. The van der Waals surface area contributed by atoms with Crippen LogP contribution in [0.4, 0.5) is 5.82 Å². The van der Waals surface area contributed by atoms with Crippen LogP contribution in [-0.2, 0) is 6.42 Å². The van der Waals surface area contributed by atoms with E-state index in [1.54, 1.807) is 0 Å². The highest BCUT2D eigenvalue weighted by Gasteiger charge is 2.37. The number of benzene rings is 1. The molecular weight excluding hydrogens is 308 g/mol. The molecule has 2 atom stereocenters. The van der Waals surface area contributed by atoms with Gasteiger partial charge in [0.2, 0.25) is 0 Å². The van der Waals surface area contributed by atoms with Crippen LogP contribution in [0.15, 0.2) is 42.5 Å². The van der Waals surface area contributed by atoms with Gasteiger partial charge in [0.1, 0.15) is 5.82 Å². The van der Waals surface area contributed by atoms with Gasteiger partial charge in [0.25, 0.3) is 0 Å².